The molecule has 0 rings (SSSR count). The summed E-state index contributed by atoms with van der Waals surface area (Å²) in [5.41, 5.74) is 0. The fourth-order valence-electron chi connectivity index (χ4n) is 13.1. The Morgan fingerprint density at radius 3 is 0.660 bits per heavy atom. The van der Waals surface area contributed by atoms with Gasteiger partial charge in [0, 0.05) is 25.7 Å². The summed E-state index contributed by atoms with van der Waals surface area (Å²) in [6, 6.07) is 0. The highest BCUT2D eigenvalue weighted by atomic mass is 31.2. The lowest BCUT2D eigenvalue weighted by Crippen LogP contribution is -2.30. The van der Waals surface area contributed by atoms with Crippen molar-refractivity contribution in [2.45, 2.75) is 464 Å². The summed E-state index contributed by atoms with van der Waals surface area (Å²) in [5, 5.41) is 10.7. The standard InChI is InChI=1S/C84H164O17P2/c1-7-9-11-13-15-17-19-21-23-25-27-28-29-30-32-34-36-38-42-50-56-62-68-83(88)100-79(72-94-81(86)66-60-54-48-41-37-35-33-31-26-24-22-20-18-16-14-12-10-8-2)74-98-102(90,91)96-70-78(85)71-97-103(92,93)99-75-80(73-95-82(87)67-61-55-49-45-44-47-53-59-65-77(5)6)101-84(89)69-63-57-51-43-39-40-46-52-58-64-76(3)4/h76-80,85H,7-75H2,1-6H3,(H,90,91)(H,92,93)/t78-,79-,80-/m1/s1. The average Bonchev–Trinajstić information content (AvgIpc) is 0.908. The molecule has 17 nitrogen and oxygen atoms in total. The van der Waals surface area contributed by atoms with E-state index < -0.39 is 97.5 Å². The summed E-state index contributed by atoms with van der Waals surface area (Å²) < 4.78 is 68.8. The van der Waals surface area contributed by atoms with Crippen molar-refractivity contribution in [2.24, 2.45) is 11.8 Å². The number of rotatable bonds is 83. The van der Waals surface area contributed by atoms with Crippen LogP contribution in [0, 0.1) is 11.8 Å². The highest BCUT2D eigenvalue weighted by molar-refractivity contribution is 7.47. The van der Waals surface area contributed by atoms with Crippen molar-refractivity contribution in [3.63, 3.8) is 0 Å². The number of ether oxygens (including phenoxy) is 4. The SMILES string of the molecule is CCCCCCCCCCCCCCCCCCCCCCCCC(=O)O[C@H](COC(=O)CCCCCCCCCCCCCCCCCCCC)COP(=O)(O)OC[C@@H](O)COP(=O)(O)OC[C@@H](COC(=O)CCCCCCCCCCC(C)C)OC(=O)CCCCCCCCCCCC(C)C. The Bertz CT molecular complexity index is 1980. The summed E-state index contributed by atoms with van der Waals surface area (Å²) in [5.74, 6) is -0.645. The highest BCUT2D eigenvalue weighted by Crippen LogP contribution is 2.45. The van der Waals surface area contributed by atoms with Crippen LogP contribution in [0.1, 0.15) is 446 Å². The number of hydrogen-bond donors (Lipinski definition) is 3. The van der Waals surface area contributed by atoms with Crippen LogP contribution in [-0.2, 0) is 65.4 Å². The van der Waals surface area contributed by atoms with Crippen LogP contribution in [0.4, 0.5) is 0 Å². The van der Waals surface area contributed by atoms with Gasteiger partial charge in [0.1, 0.15) is 19.3 Å². The van der Waals surface area contributed by atoms with Gasteiger partial charge in [0.25, 0.3) is 0 Å². The molecular formula is C84H164O17P2. The molecule has 3 N–H and O–H groups in total. The van der Waals surface area contributed by atoms with E-state index in [4.69, 9.17) is 37.0 Å². The Balaban J connectivity index is 5.21. The third kappa shape index (κ3) is 78.0. The molecule has 0 saturated carbocycles. The van der Waals surface area contributed by atoms with Gasteiger partial charge >= 0.3 is 39.5 Å². The first kappa shape index (κ1) is 101. The zero-order valence-electron chi connectivity index (χ0n) is 67.6. The Labute approximate surface area is 632 Å². The molecule has 0 bridgehead atoms. The number of carbonyl (C=O) groups is 4. The second-order valence-electron chi connectivity index (χ2n) is 31.2. The molecule has 0 aliphatic rings. The van der Waals surface area contributed by atoms with E-state index in [0.29, 0.717) is 25.7 Å². The first-order chi connectivity index (χ1) is 49.9. The average molecular weight is 1510 g/mol. The molecule has 0 fully saturated rings. The first-order valence-corrected chi connectivity index (χ1v) is 46.5. The summed E-state index contributed by atoms with van der Waals surface area (Å²) in [4.78, 5) is 73.1. The zero-order valence-corrected chi connectivity index (χ0v) is 69.4. The van der Waals surface area contributed by atoms with Gasteiger partial charge in [0.05, 0.1) is 26.4 Å². The highest BCUT2D eigenvalue weighted by Gasteiger charge is 2.30. The number of aliphatic hydroxyl groups is 1. The van der Waals surface area contributed by atoms with Crippen LogP contribution in [0.3, 0.4) is 0 Å². The molecule has 0 aromatic rings. The molecule has 0 radical (unpaired) electrons. The molecule has 612 valence electrons. The van der Waals surface area contributed by atoms with Crippen LogP contribution in [0.15, 0.2) is 0 Å². The number of phosphoric acid groups is 2. The quantitative estimate of drug-likeness (QED) is 0.0222. The van der Waals surface area contributed by atoms with Gasteiger partial charge in [-0.25, -0.2) is 9.13 Å². The van der Waals surface area contributed by atoms with E-state index in [1.165, 1.54) is 263 Å². The van der Waals surface area contributed by atoms with Crippen molar-refractivity contribution < 1.29 is 80.2 Å². The number of unbranched alkanes of at least 4 members (excludes halogenated alkanes) is 53. The lowest BCUT2D eigenvalue weighted by atomic mass is 10.0. The van der Waals surface area contributed by atoms with Gasteiger partial charge in [0.2, 0.25) is 0 Å². The summed E-state index contributed by atoms with van der Waals surface area (Å²) in [6.07, 6.45) is 66.9. The topological polar surface area (TPSA) is 237 Å². The van der Waals surface area contributed by atoms with Crippen LogP contribution in [0.5, 0.6) is 0 Å². The molecule has 0 heterocycles. The Morgan fingerprint density at radius 2 is 0.447 bits per heavy atom. The van der Waals surface area contributed by atoms with Crippen molar-refractivity contribution in [1.82, 2.24) is 0 Å². The Hall–Kier alpha value is -1.94. The van der Waals surface area contributed by atoms with Crippen molar-refractivity contribution in [1.29, 1.82) is 0 Å². The minimum Gasteiger partial charge on any atom is -0.462 e. The molecule has 5 atom stereocenters. The molecule has 0 aromatic carbocycles. The van der Waals surface area contributed by atoms with Gasteiger partial charge in [-0.2, -0.15) is 0 Å². The fraction of sp³-hybridized carbons (Fsp3) is 0.952. The summed E-state index contributed by atoms with van der Waals surface area (Å²) in [6.45, 7) is 9.59. The molecule has 0 spiro atoms. The Morgan fingerprint density at radius 1 is 0.262 bits per heavy atom. The van der Waals surface area contributed by atoms with Crippen LogP contribution >= 0.6 is 15.6 Å². The first-order valence-electron chi connectivity index (χ1n) is 43.5. The number of carbonyl (C=O) groups excluding carboxylic acids is 4. The van der Waals surface area contributed by atoms with Gasteiger partial charge in [-0.1, -0.05) is 395 Å². The lowest BCUT2D eigenvalue weighted by Gasteiger charge is -2.21. The zero-order chi connectivity index (χ0) is 75.6. The molecule has 0 aromatic heterocycles. The predicted molar refractivity (Wildman–Crippen MR) is 423 cm³/mol. The maximum absolute atomic E-state index is 13.1. The van der Waals surface area contributed by atoms with Gasteiger partial charge in [-0.3, -0.25) is 37.3 Å². The second kappa shape index (κ2) is 75.5. The number of phosphoric ester groups is 2. The molecule has 0 amide bonds. The van der Waals surface area contributed by atoms with Gasteiger partial charge in [-0.05, 0) is 37.5 Å². The second-order valence-corrected chi connectivity index (χ2v) is 34.1. The summed E-state index contributed by atoms with van der Waals surface area (Å²) >= 11 is 0. The maximum atomic E-state index is 13.1. The maximum Gasteiger partial charge on any atom is 0.472 e. The minimum absolute atomic E-state index is 0.105. The van der Waals surface area contributed by atoms with Gasteiger partial charge in [0.15, 0.2) is 12.2 Å². The molecule has 0 aliphatic heterocycles. The van der Waals surface area contributed by atoms with Crippen molar-refractivity contribution in [3.8, 4) is 0 Å². The monoisotopic (exact) mass is 1510 g/mol. The predicted octanol–water partition coefficient (Wildman–Crippen LogP) is 25.5. The number of aliphatic hydroxyl groups excluding tert-OH is 1. The van der Waals surface area contributed by atoms with Crippen LogP contribution in [-0.4, -0.2) is 96.7 Å². The van der Waals surface area contributed by atoms with Crippen molar-refractivity contribution in [3.05, 3.63) is 0 Å². The van der Waals surface area contributed by atoms with Crippen LogP contribution < -0.4 is 0 Å². The third-order valence-corrected chi connectivity index (χ3v) is 21.6. The molecule has 0 aliphatic carbocycles. The Kier molecular flexibility index (Phi) is 74.1. The smallest absolute Gasteiger partial charge is 0.462 e. The third-order valence-electron chi connectivity index (χ3n) is 19.7. The summed E-state index contributed by atoms with van der Waals surface area (Å²) in [7, 11) is -9.92. The normalized spacial score (nSPS) is 13.9. The molecule has 0 saturated heterocycles. The van der Waals surface area contributed by atoms with Crippen molar-refractivity contribution in [2.75, 3.05) is 39.6 Å². The van der Waals surface area contributed by atoms with E-state index in [-0.39, 0.29) is 25.7 Å². The molecule has 103 heavy (non-hydrogen) atoms. The number of esters is 4. The molecule has 19 heteroatoms. The van der Waals surface area contributed by atoms with Crippen LogP contribution in [0.2, 0.25) is 0 Å². The van der Waals surface area contributed by atoms with E-state index in [2.05, 4.69) is 41.5 Å². The fourth-order valence-corrected chi connectivity index (χ4v) is 14.6. The lowest BCUT2D eigenvalue weighted by molar-refractivity contribution is -0.161. The van der Waals surface area contributed by atoms with Gasteiger partial charge < -0.3 is 33.8 Å². The van der Waals surface area contributed by atoms with E-state index in [9.17, 15) is 43.2 Å². The van der Waals surface area contributed by atoms with Gasteiger partial charge in [-0.15, -0.1) is 0 Å². The van der Waals surface area contributed by atoms with E-state index in [1.54, 1.807) is 0 Å². The van der Waals surface area contributed by atoms with Crippen molar-refractivity contribution >= 4 is 39.5 Å². The van der Waals surface area contributed by atoms with Crippen LogP contribution in [0.25, 0.3) is 0 Å². The minimum atomic E-state index is -4.96. The van der Waals surface area contributed by atoms with E-state index >= 15 is 0 Å². The largest absolute Gasteiger partial charge is 0.472 e. The van der Waals surface area contributed by atoms with E-state index in [1.807, 2.05) is 0 Å². The van der Waals surface area contributed by atoms with E-state index in [0.717, 1.165) is 102 Å². The molecular weight excluding hydrogens is 1340 g/mol. The molecule has 2 unspecified atom stereocenters. The number of hydrogen-bond acceptors (Lipinski definition) is 15.